The van der Waals surface area contributed by atoms with Crippen molar-refractivity contribution in [3.8, 4) is 11.5 Å². The lowest BCUT2D eigenvalue weighted by Gasteiger charge is -2.24. The third kappa shape index (κ3) is 3.75. The van der Waals surface area contributed by atoms with Gasteiger partial charge in [0.2, 0.25) is 0 Å². The van der Waals surface area contributed by atoms with Crippen LogP contribution in [0.5, 0.6) is 11.5 Å². The van der Waals surface area contributed by atoms with E-state index in [-0.39, 0.29) is 12.0 Å². The van der Waals surface area contributed by atoms with Gasteiger partial charge in [0.1, 0.15) is 0 Å². The van der Waals surface area contributed by atoms with Crippen molar-refractivity contribution in [2.45, 2.75) is 32.8 Å². The number of fused-ring (bicyclic) bond motifs is 1. The number of hydrogen-bond acceptors (Lipinski definition) is 6. The Bertz CT molecular complexity index is 1070. The number of benzene rings is 2. The summed E-state index contributed by atoms with van der Waals surface area (Å²) in [5.41, 5.74) is 3.71. The number of nitrogens with zero attached hydrogens (tertiary/aromatic N) is 2. The van der Waals surface area contributed by atoms with E-state index in [0.29, 0.717) is 28.7 Å². The normalized spacial score (nSPS) is 16.1. The highest BCUT2D eigenvalue weighted by molar-refractivity contribution is 7.22. The number of carbonyl (C=O) groups is 1. The van der Waals surface area contributed by atoms with Crippen molar-refractivity contribution in [2.75, 3.05) is 32.3 Å². The fourth-order valence-electron chi connectivity index (χ4n) is 3.77. The quantitative estimate of drug-likeness (QED) is 0.569. The Morgan fingerprint density at radius 2 is 2.07 bits per heavy atom. The van der Waals surface area contributed by atoms with E-state index in [1.54, 1.807) is 37.3 Å². The molecule has 1 atom stereocenters. The molecule has 3 aromatic rings. The van der Waals surface area contributed by atoms with Gasteiger partial charge in [0, 0.05) is 6.61 Å². The first-order valence-electron chi connectivity index (χ1n) is 10.0. The zero-order valence-electron chi connectivity index (χ0n) is 17.7. The van der Waals surface area contributed by atoms with Crippen LogP contribution in [0.3, 0.4) is 0 Å². The van der Waals surface area contributed by atoms with Gasteiger partial charge in [-0.25, -0.2) is 4.98 Å². The summed E-state index contributed by atoms with van der Waals surface area (Å²) in [5.74, 6) is 0.779. The number of ether oxygens (including phenoxy) is 3. The minimum atomic E-state index is -0.172. The second-order valence-corrected chi connectivity index (χ2v) is 8.45. The van der Waals surface area contributed by atoms with E-state index in [1.807, 2.05) is 0 Å². The highest BCUT2D eigenvalue weighted by Crippen LogP contribution is 2.36. The van der Waals surface area contributed by atoms with Crippen molar-refractivity contribution in [2.24, 2.45) is 0 Å². The largest absolute Gasteiger partial charge is 0.493 e. The van der Waals surface area contributed by atoms with E-state index >= 15 is 0 Å². The average molecular weight is 427 g/mol. The topological polar surface area (TPSA) is 60.9 Å². The fraction of sp³-hybridized carbons (Fsp3) is 0.391. The molecule has 0 saturated carbocycles. The van der Waals surface area contributed by atoms with Crippen LogP contribution in [-0.4, -0.2) is 44.4 Å². The van der Waals surface area contributed by atoms with E-state index in [9.17, 15) is 4.79 Å². The summed E-state index contributed by atoms with van der Waals surface area (Å²) in [5, 5.41) is 0.670. The first-order chi connectivity index (χ1) is 14.5. The third-order valence-electron chi connectivity index (χ3n) is 5.59. The van der Waals surface area contributed by atoms with Crippen molar-refractivity contribution in [1.29, 1.82) is 0 Å². The zero-order valence-corrected chi connectivity index (χ0v) is 18.5. The number of amides is 1. The first kappa shape index (κ1) is 20.6. The van der Waals surface area contributed by atoms with Gasteiger partial charge in [0.05, 0.1) is 42.6 Å². The average Bonchev–Trinajstić information content (AvgIpc) is 3.43. The molecule has 158 valence electrons. The molecule has 1 fully saturated rings. The van der Waals surface area contributed by atoms with Gasteiger partial charge in [0.15, 0.2) is 16.6 Å². The molecule has 2 heterocycles. The predicted octanol–water partition coefficient (Wildman–Crippen LogP) is 4.76. The van der Waals surface area contributed by atoms with Crippen molar-refractivity contribution in [3.05, 3.63) is 47.0 Å². The lowest BCUT2D eigenvalue weighted by molar-refractivity contribution is 0.0914. The van der Waals surface area contributed by atoms with E-state index < -0.39 is 0 Å². The highest BCUT2D eigenvalue weighted by atomic mass is 32.1. The Balaban J connectivity index is 1.79. The van der Waals surface area contributed by atoms with Gasteiger partial charge in [-0.1, -0.05) is 23.5 Å². The summed E-state index contributed by atoms with van der Waals surface area (Å²) >= 11 is 1.52. The first-order valence-corrected chi connectivity index (χ1v) is 10.9. The molecule has 6 nitrogen and oxygen atoms in total. The molecule has 1 aliphatic heterocycles. The Labute approximate surface area is 180 Å². The van der Waals surface area contributed by atoms with E-state index in [2.05, 4.69) is 26.0 Å². The van der Waals surface area contributed by atoms with Gasteiger partial charge < -0.3 is 14.2 Å². The van der Waals surface area contributed by atoms with Crippen LogP contribution >= 0.6 is 11.3 Å². The number of thiazole rings is 1. The number of anilines is 1. The van der Waals surface area contributed by atoms with Gasteiger partial charge in [-0.05, 0) is 56.0 Å². The minimum absolute atomic E-state index is 0.000369. The second kappa shape index (κ2) is 8.62. The summed E-state index contributed by atoms with van der Waals surface area (Å²) in [7, 11) is 3.11. The lowest BCUT2D eigenvalue weighted by atomic mass is 10.1. The Morgan fingerprint density at radius 1 is 1.23 bits per heavy atom. The maximum absolute atomic E-state index is 13.7. The fourth-order valence-corrected chi connectivity index (χ4v) is 4.80. The van der Waals surface area contributed by atoms with Crippen LogP contribution in [0.1, 0.15) is 34.3 Å². The van der Waals surface area contributed by atoms with Crippen LogP contribution in [0.4, 0.5) is 5.13 Å². The number of para-hydroxylation sites is 1. The molecular formula is C23H26N2O4S. The predicted molar refractivity (Wildman–Crippen MR) is 119 cm³/mol. The van der Waals surface area contributed by atoms with Crippen molar-refractivity contribution >= 4 is 32.6 Å². The minimum Gasteiger partial charge on any atom is -0.493 e. The number of carbonyl (C=O) groups excluding carboxylic acids is 1. The molecule has 0 bridgehead atoms. The van der Waals surface area contributed by atoms with Gasteiger partial charge in [-0.3, -0.25) is 9.69 Å². The molecule has 7 heteroatoms. The van der Waals surface area contributed by atoms with E-state index in [4.69, 9.17) is 19.2 Å². The van der Waals surface area contributed by atoms with Crippen LogP contribution in [-0.2, 0) is 4.74 Å². The summed E-state index contributed by atoms with van der Waals surface area (Å²) in [6.07, 6.45) is 1.94. The number of aromatic nitrogens is 1. The third-order valence-corrected chi connectivity index (χ3v) is 6.64. The van der Waals surface area contributed by atoms with E-state index in [1.165, 1.54) is 16.9 Å². The summed E-state index contributed by atoms with van der Waals surface area (Å²) in [6.45, 7) is 5.33. The number of rotatable bonds is 6. The molecule has 1 unspecified atom stereocenters. The van der Waals surface area contributed by atoms with Gasteiger partial charge in [0.25, 0.3) is 5.91 Å². The van der Waals surface area contributed by atoms with Crippen molar-refractivity contribution < 1.29 is 19.0 Å². The molecule has 1 aromatic heterocycles. The van der Waals surface area contributed by atoms with Gasteiger partial charge in [-0.15, -0.1) is 0 Å². The second-order valence-electron chi connectivity index (χ2n) is 7.44. The molecule has 1 amide bonds. The summed E-state index contributed by atoms with van der Waals surface area (Å²) in [6, 6.07) is 9.50. The number of aryl methyl sites for hydroxylation is 2. The SMILES string of the molecule is COc1cccc(C(=O)N(CC2CCCO2)c2nc3c(C)c(C)ccc3s2)c1OC. The maximum atomic E-state index is 13.7. The smallest absolute Gasteiger partial charge is 0.264 e. The molecule has 4 rings (SSSR count). The molecule has 0 spiro atoms. The van der Waals surface area contributed by atoms with Crippen LogP contribution in [0, 0.1) is 13.8 Å². The molecular weight excluding hydrogens is 400 g/mol. The zero-order chi connectivity index (χ0) is 21.3. The molecule has 0 aliphatic carbocycles. The molecule has 1 saturated heterocycles. The van der Waals surface area contributed by atoms with Crippen LogP contribution < -0.4 is 14.4 Å². The number of methoxy groups -OCH3 is 2. The monoisotopic (exact) mass is 426 g/mol. The van der Waals surface area contributed by atoms with Crippen molar-refractivity contribution in [3.63, 3.8) is 0 Å². The Kier molecular flexibility index (Phi) is 5.92. The number of hydrogen-bond donors (Lipinski definition) is 0. The Hall–Kier alpha value is -2.64. The van der Waals surface area contributed by atoms with Crippen LogP contribution in [0.25, 0.3) is 10.2 Å². The highest BCUT2D eigenvalue weighted by Gasteiger charge is 2.29. The van der Waals surface area contributed by atoms with Gasteiger partial charge in [-0.2, -0.15) is 0 Å². The van der Waals surface area contributed by atoms with Crippen molar-refractivity contribution in [1.82, 2.24) is 4.98 Å². The van der Waals surface area contributed by atoms with Gasteiger partial charge >= 0.3 is 0 Å². The van der Waals surface area contributed by atoms with Crippen LogP contribution in [0.15, 0.2) is 30.3 Å². The summed E-state index contributed by atoms with van der Waals surface area (Å²) in [4.78, 5) is 20.3. The molecule has 1 aliphatic rings. The van der Waals surface area contributed by atoms with E-state index in [0.717, 1.165) is 35.2 Å². The maximum Gasteiger partial charge on any atom is 0.264 e. The molecule has 0 radical (unpaired) electrons. The molecule has 30 heavy (non-hydrogen) atoms. The summed E-state index contributed by atoms with van der Waals surface area (Å²) < 4.78 is 17.8. The standard InChI is InChI=1S/C23H26N2O4S/c1-14-10-11-19-20(15(14)2)24-23(30-19)25(13-16-7-6-12-29-16)22(26)17-8-5-9-18(27-3)21(17)28-4/h5,8-11,16H,6-7,12-13H2,1-4H3. The molecule has 0 N–H and O–H groups in total. The Morgan fingerprint density at radius 3 is 2.77 bits per heavy atom. The van der Waals surface area contributed by atoms with Crippen LogP contribution in [0.2, 0.25) is 0 Å². The lowest BCUT2D eigenvalue weighted by Crippen LogP contribution is -2.37. The molecule has 2 aromatic carbocycles.